The van der Waals surface area contributed by atoms with E-state index in [9.17, 15) is 14.4 Å². The lowest BCUT2D eigenvalue weighted by Crippen LogP contribution is -2.50. The predicted octanol–water partition coefficient (Wildman–Crippen LogP) is 5.74. The van der Waals surface area contributed by atoms with Crippen LogP contribution >= 0.6 is 0 Å². The molecule has 1 heterocycles. The number of rotatable bonds is 9. The normalized spacial score (nSPS) is 16.5. The Morgan fingerprint density at radius 1 is 0.975 bits per heavy atom. The van der Waals surface area contributed by atoms with Crippen LogP contribution in [0.15, 0.2) is 78.9 Å². The van der Waals surface area contributed by atoms with E-state index in [1.54, 1.807) is 13.1 Å². The molecule has 2 aliphatic rings. The highest BCUT2D eigenvalue weighted by Gasteiger charge is 2.47. The van der Waals surface area contributed by atoms with E-state index in [1.807, 2.05) is 72.8 Å². The van der Waals surface area contributed by atoms with Crippen molar-refractivity contribution in [2.75, 3.05) is 32.0 Å². The fourth-order valence-electron chi connectivity index (χ4n) is 5.57. The van der Waals surface area contributed by atoms with Gasteiger partial charge in [-0.3, -0.25) is 15.0 Å². The summed E-state index contributed by atoms with van der Waals surface area (Å²) >= 11 is 0. The van der Waals surface area contributed by atoms with Gasteiger partial charge in [-0.05, 0) is 86.1 Å². The number of carbonyl (C=O) groups is 3. The van der Waals surface area contributed by atoms with Crippen molar-refractivity contribution in [1.82, 2.24) is 9.80 Å². The third-order valence-electron chi connectivity index (χ3n) is 7.91. The highest BCUT2D eigenvalue weighted by molar-refractivity contribution is 5.95. The van der Waals surface area contributed by atoms with Crippen molar-refractivity contribution in [3.05, 3.63) is 90.0 Å². The zero-order valence-corrected chi connectivity index (χ0v) is 22.8. The standard InChI is InChI=1S/C32H35N3O5/c1-34(19-20-36)30(37)25-13-11-24(12-14-25)23-35-17-15-32(16-18-35)21-27(22-32)40-31(38)33-28-9-5-6-10-29(28)39-26-7-3-2-4-8-26/h2-14,20,27H,15-19,21-23H2,1H3,(H,33,38). The van der Waals surface area contributed by atoms with Gasteiger partial charge in [0.1, 0.15) is 18.1 Å². The summed E-state index contributed by atoms with van der Waals surface area (Å²) in [6.07, 6.45) is 4.13. The van der Waals surface area contributed by atoms with Crippen molar-refractivity contribution in [2.45, 2.75) is 38.3 Å². The SMILES string of the molecule is CN(CC=O)C(=O)c1ccc(CN2CCC3(CC2)CC(OC(=O)Nc2ccccc2Oc2ccccc2)C3)cc1. The average Bonchev–Trinajstić information content (AvgIpc) is 2.95. The number of nitrogens with one attached hydrogen (secondary N) is 1. The highest BCUT2D eigenvalue weighted by Crippen LogP contribution is 2.50. The van der Waals surface area contributed by atoms with E-state index in [2.05, 4.69) is 10.2 Å². The van der Waals surface area contributed by atoms with Gasteiger partial charge in [0.15, 0.2) is 5.75 Å². The van der Waals surface area contributed by atoms with E-state index >= 15 is 0 Å². The molecule has 0 radical (unpaired) electrons. The Morgan fingerprint density at radius 2 is 1.65 bits per heavy atom. The molecule has 2 amide bonds. The molecule has 40 heavy (non-hydrogen) atoms. The zero-order valence-electron chi connectivity index (χ0n) is 22.8. The molecule has 2 fully saturated rings. The van der Waals surface area contributed by atoms with E-state index in [1.165, 1.54) is 4.90 Å². The first-order valence-corrected chi connectivity index (χ1v) is 13.7. The first-order valence-electron chi connectivity index (χ1n) is 13.7. The molecule has 0 aromatic heterocycles. The van der Waals surface area contributed by atoms with Gasteiger partial charge in [0.05, 0.1) is 12.2 Å². The number of likely N-dealkylation sites (N-methyl/N-ethyl adjacent to an activating group) is 1. The molecule has 1 aliphatic carbocycles. The van der Waals surface area contributed by atoms with Crippen LogP contribution in [0.4, 0.5) is 10.5 Å². The Morgan fingerprint density at radius 3 is 2.35 bits per heavy atom. The van der Waals surface area contributed by atoms with Gasteiger partial charge < -0.3 is 19.2 Å². The van der Waals surface area contributed by atoms with Crippen LogP contribution in [0, 0.1) is 5.41 Å². The minimum Gasteiger partial charge on any atom is -0.455 e. The summed E-state index contributed by atoms with van der Waals surface area (Å²) in [5.41, 5.74) is 2.56. The largest absolute Gasteiger partial charge is 0.455 e. The zero-order chi connectivity index (χ0) is 28.0. The van der Waals surface area contributed by atoms with Gasteiger partial charge in [0.25, 0.3) is 5.91 Å². The summed E-state index contributed by atoms with van der Waals surface area (Å²) in [5.74, 6) is 1.11. The lowest BCUT2D eigenvalue weighted by atomic mass is 9.61. The Kier molecular flexibility index (Phi) is 8.45. The Balaban J connectivity index is 1.05. The lowest BCUT2D eigenvalue weighted by molar-refractivity contribution is -0.108. The lowest BCUT2D eigenvalue weighted by Gasteiger charge is -2.51. The molecule has 0 atom stereocenters. The molecule has 8 heteroatoms. The van der Waals surface area contributed by atoms with E-state index in [-0.39, 0.29) is 24.0 Å². The molecular formula is C32H35N3O5. The van der Waals surface area contributed by atoms with E-state index < -0.39 is 6.09 Å². The van der Waals surface area contributed by atoms with E-state index in [0.717, 1.165) is 57.2 Å². The van der Waals surface area contributed by atoms with Gasteiger partial charge in [0, 0.05) is 19.2 Å². The number of anilines is 1. The number of benzene rings is 3. The number of carbonyl (C=O) groups excluding carboxylic acids is 3. The van der Waals surface area contributed by atoms with Gasteiger partial charge in [-0.15, -0.1) is 0 Å². The second-order valence-electron chi connectivity index (χ2n) is 10.8. The van der Waals surface area contributed by atoms with Crippen LogP contribution in [-0.2, 0) is 16.1 Å². The summed E-state index contributed by atoms with van der Waals surface area (Å²) in [6, 6.07) is 24.4. The molecule has 1 aliphatic heterocycles. The quantitative estimate of drug-likeness (QED) is 0.348. The summed E-state index contributed by atoms with van der Waals surface area (Å²) in [6.45, 7) is 2.91. The monoisotopic (exact) mass is 541 g/mol. The molecule has 3 aromatic rings. The summed E-state index contributed by atoms with van der Waals surface area (Å²) in [5, 5.41) is 2.85. The second kappa shape index (κ2) is 12.3. The Bertz CT molecular complexity index is 1310. The molecule has 8 nitrogen and oxygen atoms in total. The number of aldehydes is 1. The molecule has 1 saturated carbocycles. The van der Waals surface area contributed by atoms with Crippen molar-refractivity contribution in [3.8, 4) is 11.5 Å². The maximum absolute atomic E-state index is 12.6. The van der Waals surface area contributed by atoms with Crippen molar-refractivity contribution >= 4 is 24.0 Å². The second-order valence-corrected chi connectivity index (χ2v) is 10.8. The van der Waals surface area contributed by atoms with E-state index in [4.69, 9.17) is 9.47 Å². The fraction of sp³-hybridized carbons (Fsp3) is 0.344. The van der Waals surface area contributed by atoms with Gasteiger partial charge in [-0.2, -0.15) is 0 Å². The average molecular weight is 542 g/mol. The smallest absolute Gasteiger partial charge is 0.412 e. The minimum absolute atomic E-state index is 0.0730. The number of amides is 2. The van der Waals surface area contributed by atoms with Crippen LogP contribution < -0.4 is 10.1 Å². The van der Waals surface area contributed by atoms with Gasteiger partial charge in [-0.25, -0.2) is 4.79 Å². The number of ether oxygens (including phenoxy) is 2. The van der Waals surface area contributed by atoms with Crippen molar-refractivity contribution in [1.29, 1.82) is 0 Å². The molecule has 3 aromatic carbocycles. The van der Waals surface area contributed by atoms with Crippen molar-refractivity contribution < 1.29 is 23.9 Å². The first kappa shape index (κ1) is 27.4. The number of hydrogen-bond donors (Lipinski definition) is 1. The first-order chi connectivity index (χ1) is 19.4. The molecule has 208 valence electrons. The van der Waals surface area contributed by atoms with Crippen LogP contribution in [0.5, 0.6) is 11.5 Å². The van der Waals surface area contributed by atoms with Crippen LogP contribution in [0.3, 0.4) is 0 Å². The van der Waals surface area contributed by atoms with Crippen LogP contribution in [-0.4, -0.2) is 60.9 Å². The topological polar surface area (TPSA) is 88.2 Å². The molecule has 5 rings (SSSR count). The van der Waals surface area contributed by atoms with Crippen molar-refractivity contribution in [3.63, 3.8) is 0 Å². The van der Waals surface area contributed by atoms with Gasteiger partial charge in [-0.1, -0.05) is 42.5 Å². The van der Waals surface area contributed by atoms with Crippen LogP contribution in [0.1, 0.15) is 41.6 Å². The molecule has 1 saturated heterocycles. The Labute approximate surface area is 234 Å². The molecule has 1 N–H and O–H groups in total. The molecule has 0 unspecified atom stereocenters. The van der Waals surface area contributed by atoms with E-state index in [0.29, 0.717) is 22.7 Å². The highest BCUT2D eigenvalue weighted by atomic mass is 16.6. The fourth-order valence-corrected chi connectivity index (χ4v) is 5.57. The molecule has 0 bridgehead atoms. The maximum atomic E-state index is 12.6. The number of hydrogen-bond acceptors (Lipinski definition) is 6. The van der Waals surface area contributed by atoms with Crippen LogP contribution in [0.2, 0.25) is 0 Å². The molecule has 1 spiro atoms. The van der Waals surface area contributed by atoms with Crippen LogP contribution in [0.25, 0.3) is 0 Å². The Hall–Kier alpha value is -4.17. The number of nitrogens with zero attached hydrogens (tertiary/aromatic N) is 2. The predicted molar refractivity (Wildman–Crippen MR) is 152 cm³/mol. The van der Waals surface area contributed by atoms with Gasteiger partial charge in [0.2, 0.25) is 0 Å². The minimum atomic E-state index is -0.458. The van der Waals surface area contributed by atoms with Crippen molar-refractivity contribution in [2.24, 2.45) is 5.41 Å². The number of para-hydroxylation sites is 3. The number of likely N-dealkylation sites (tertiary alicyclic amines) is 1. The summed E-state index contributed by atoms with van der Waals surface area (Å²) < 4.78 is 11.7. The van der Waals surface area contributed by atoms with Gasteiger partial charge >= 0.3 is 6.09 Å². The third kappa shape index (κ3) is 6.69. The summed E-state index contributed by atoms with van der Waals surface area (Å²) in [7, 11) is 1.62. The summed E-state index contributed by atoms with van der Waals surface area (Å²) in [4.78, 5) is 39.5. The third-order valence-corrected chi connectivity index (χ3v) is 7.91. The number of piperidine rings is 1. The maximum Gasteiger partial charge on any atom is 0.412 e. The molecular weight excluding hydrogens is 506 g/mol.